The number of unbranched alkanes of at least 4 members (excludes halogenated alkanes) is 1. The van der Waals surface area contributed by atoms with Gasteiger partial charge in [0.2, 0.25) is 0 Å². The summed E-state index contributed by atoms with van der Waals surface area (Å²) >= 11 is 0. The summed E-state index contributed by atoms with van der Waals surface area (Å²) in [6.45, 7) is 4.10. The molecule has 3 aromatic rings. The normalized spacial score (nSPS) is 22.7. The third kappa shape index (κ3) is 7.27. The van der Waals surface area contributed by atoms with E-state index in [1.807, 2.05) is 6.92 Å². The van der Waals surface area contributed by atoms with Crippen LogP contribution in [0, 0.1) is 41.0 Å². The van der Waals surface area contributed by atoms with Crippen LogP contribution in [0.15, 0.2) is 60.7 Å². The average Bonchev–Trinajstić information content (AvgIpc) is 3.04. The largest absolute Gasteiger partial charge is 0.203 e. The standard InChI is InChI=1S/C39H46F4/c1-3-5-7-8-26-10-12-27(13-11-26)28-14-16-29(17-15-28)34-24-25-35(39(43)38(34)42)31-20-18-30(19-21-31)33-23-22-32(9-6-4-2)36(40)37(33)41/h3,5,18-29H,4,6-17H2,1-2H3/b5-3+. The molecule has 0 bridgehead atoms. The lowest BCUT2D eigenvalue weighted by atomic mass is 9.68. The number of hydrogen-bond acceptors (Lipinski definition) is 0. The van der Waals surface area contributed by atoms with Crippen molar-refractivity contribution in [2.45, 2.75) is 103 Å². The summed E-state index contributed by atoms with van der Waals surface area (Å²) in [5.41, 5.74) is 2.23. The Balaban J connectivity index is 1.21. The minimum Gasteiger partial charge on any atom is -0.203 e. The Morgan fingerprint density at radius 1 is 0.651 bits per heavy atom. The molecule has 0 amide bonds. The van der Waals surface area contributed by atoms with E-state index in [-0.39, 0.29) is 17.0 Å². The minimum atomic E-state index is -0.870. The maximum absolute atomic E-state index is 15.5. The van der Waals surface area contributed by atoms with E-state index >= 15 is 8.78 Å². The van der Waals surface area contributed by atoms with E-state index in [0.29, 0.717) is 34.6 Å². The highest BCUT2D eigenvalue weighted by atomic mass is 19.2. The molecule has 0 aliphatic heterocycles. The van der Waals surface area contributed by atoms with Crippen LogP contribution in [0.5, 0.6) is 0 Å². The molecule has 5 rings (SSSR count). The summed E-state index contributed by atoms with van der Waals surface area (Å²) in [5.74, 6) is -0.844. The molecule has 0 heterocycles. The molecule has 2 aliphatic rings. The third-order valence-electron chi connectivity index (χ3n) is 10.3. The first kappa shape index (κ1) is 31.5. The predicted molar refractivity (Wildman–Crippen MR) is 170 cm³/mol. The van der Waals surface area contributed by atoms with Crippen LogP contribution in [0.25, 0.3) is 22.3 Å². The average molecular weight is 591 g/mol. The van der Waals surface area contributed by atoms with E-state index < -0.39 is 23.3 Å². The Bertz CT molecular complexity index is 1370. The zero-order valence-corrected chi connectivity index (χ0v) is 25.8. The van der Waals surface area contributed by atoms with Crippen LogP contribution in [0.4, 0.5) is 17.6 Å². The minimum absolute atomic E-state index is 0.0533. The fraction of sp³-hybridized carbons (Fsp3) is 0.487. The van der Waals surface area contributed by atoms with Crippen molar-refractivity contribution in [3.8, 4) is 22.3 Å². The first-order valence-electron chi connectivity index (χ1n) is 16.6. The van der Waals surface area contributed by atoms with E-state index in [1.165, 1.54) is 38.5 Å². The molecule has 230 valence electrons. The Kier molecular flexibility index (Phi) is 10.8. The highest BCUT2D eigenvalue weighted by Gasteiger charge is 2.32. The van der Waals surface area contributed by atoms with Crippen molar-refractivity contribution >= 4 is 0 Å². The van der Waals surface area contributed by atoms with Gasteiger partial charge in [-0.05, 0) is 117 Å². The lowest BCUT2D eigenvalue weighted by Gasteiger charge is -2.38. The van der Waals surface area contributed by atoms with Crippen molar-refractivity contribution in [1.29, 1.82) is 0 Å². The Hall–Kier alpha value is -2.88. The molecule has 0 N–H and O–H groups in total. The highest BCUT2D eigenvalue weighted by molar-refractivity contribution is 5.71. The van der Waals surface area contributed by atoms with Crippen molar-refractivity contribution in [1.82, 2.24) is 0 Å². The Morgan fingerprint density at radius 2 is 1.21 bits per heavy atom. The molecule has 3 aromatic carbocycles. The van der Waals surface area contributed by atoms with Gasteiger partial charge >= 0.3 is 0 Å². The molecular formula is C39H46F4. The highest BCUT2D eigenvalue weighted by Crippen LogP contribution is 2.45. The van der Waals surface area contributed by atoms with Crippen molar-refractivity contribution in [2.75, 3.05) is 0 Å². The predicted octanol–water partition coefficient (Wildman–Crippen LogP) is 12.4. The lowest BCUT2D eigenvalue weighted by Crippen LogP contribution is -2.25. The van der Waals surface area contributed by atoms with Gasteiger partial charge in [0.25, 0.3) is 0 Å². The van der Waals surface area contributed by atoms with Crippen molar-refractivity contribution < 1.29 is 17.6 Å². The zero-order valence-electron chi connectivity index (χ0n) is 25.8. The van der Waals surface area contributed by atoms with Crippen LogP contribution in [0.3, 0.4) is 0 Å². The molecule has 0 radical (unpaired) electrons. The van der Waals surface area contributed by atoms with Gasteiger partial charge in [-0.3, -0.25) is 0 Å². The number of halogens is 4. The quantitative estimate of drug-likeness (QED) is 0.163. The second-order valence-electron chi connectivity index (χ2n) is 13.0. The Labute approximate surface area is 255 Å². The number of hydrogen-bond donors (Lipinski definition) is 0. The van der Waals surface area contributed by atoms with Gasteiger partial charge in [-0.1, -0.05) is 86.9 Å². The van der Waals surface area contributed by atoms with Gasteiger partial charge < -0.3 is 0 Å². The summed E-state index contributed by atoms with van der Waals surface area (Å²) in [6, 6.07) is 13.2. The van der Waals surface area contributed by atoms with Gasteiger partial charge in [0.05, 0.1) is 0 Å². The molecular weight excluding hydrogens is 544 g/mol. The van der Waals surface area contributed by atoms with Crippen LogP contribution in [0.2, 0.25) is 0 Å². The SMILES string of the molecule is C/C=C/CCC1CCC(C2CCC(c3ccc(-c4ccc(-c5ccc(CCCC)c(F)c5F)cc4)c(F)c3F)CC2)CC1. The maximum atomic E-state index is 15.5. The van der Waals surface area contributed by atoms with Crippen LogP contribution < -0.4 is 0 Å². The van der Waals surface area contributed by atoms with Gasteiger partial charge in [0, 0.05) is 11.1 Å². The van der Waals surface area contributed by atoms with E-state index in [0.717, 1.165) is 50.4 Å². The second-order valence-corrected chi connectivity index (χ2v) is 13.0. The molecule has 4 heteroatoms. The lowest BCUT2D eigenvalue weighted by molar-refractivity contribution is 0.156. The number of allylic oxidation sites excluding steroid dienone is 2. The van der Waals surface area contributed by atoms with Gasteiger partial charge in [0.15, 0.2) is 23.3 Å². The van der Waals surface area contributed by atoms with E-state index in [9.17, 15) is 8.78 Å². The van der Waals surface area contributed by atoms with Crippen LogP contribution >= 0.6 is 0 Å². The molecule has 0 nitrogen and oxygen atoms in total. The van der Waals surface area contributed by atoms with Gasteiger partial charge in [-0.25, -0.2) is 17.6 Å². The fourth-order valence-corrected chi connectivity index (χ4v) is 7.65. The molecule has 2 saturated carbocycles. The van der Waals surface area contributed by atoms with Crippen LogP contribution in [-0.4, -0.2) is 0 Å². The van der Waals surface area contributed by atoms with E-state index in [2.05, 4.69) is 19.1 Å². The van der Waals surface area contributed by atoms with Gasteiger partial charge in [0.1, 0.15) is 0 Å². The van der Waals surface area contributed by atoms with Crippen molar-refractivity contribution in [2.24, 2.45) is 17.8 Å². The summed E-state index contributed by atoms with van der Waals surface area (Å²) < 4.78 is 60.3. The smallest absolute Gasteiger partial charge is 0.166 e. The van der Waals surface area contributed by atoms with Crippen molar-refractivity contribution in [3.63, 3.8) is 0 Å². The van der Waals surface area contributed by atoms with Crippen LogP contribution in [-0.2, 0) is 6.42 Å². The topological polar surface area (TPSA) is 0 Å². The van der Waals surface area contributed by atoms with Gasteiger partial charge in [-0.15, -0.1) is 0 Å². The molecule has 0 unspecified atom stereocenters. The molecule has 0 saturated heterocycles. The molecule has 43 heavy (non-hydrogen) atoms. The first-order valence-corrected chi connectivity index (χ1v) is 16.6. The first-order chi connectivity index (χ1) is 20.9. The molecule has 0 atom stereocenters. The second kappa shape index (κ2) is 14.7. The molecule has 2 fully saturated rings. The molecule has 0 spiro atoms. The van der Waals surface area contributed by atoms with Crippen molar-refractivity contribution in [3.05, 3.63) is 95.1 Å². The number of rotatable bonds is 10. The fourth-order valence-electron chi connectivity index (χ4n) is 7.65. The summed E-state index contributed by atoms with van der Waals surface area (Å²) in [5, 5.41) is 0. The summed E-state index contributed by atoms with van der Waals surface area (Å²) in [4.78, 5) is 0. The van der Waals surface area contributed by atoms with Crippen LogP contribution in [0.1, 0.15) is 108 Å². The zero-order chi connectivity index (χ0) is 30.3. The number of aryl methyl sites for hydroxylation is 1. The number of benzene rings is 3. The monoisotopic (exact) mass is 590 g/mol. The Morgan fingerprint density at radius 3 is 1.79 bits per heavy atom. The van der Waals surface area contributed by atoms with Gasteiger partial charge in [-0.2, -0.15) is 0 Å². The summed E-state index contributed by atoms with van der Waals surface area (Å²) in [6.07, 6.45) is 18.4. The van der Waals surface area contributed by atoms with E-state index in [4.69, 9.17) is 0 Å². The molecule has 0 aromatic heterocycles. The molecule has 2 aliphatic carbocycles. The maximum Gasteiger partial charge on any atom is 0.166 e. The third-order valence-corrected chi connectivity index (χ3v) is 10.3. The van der Waals surface area contributed by atoms with E-state index in [1.54, 1.807) is 48.5 Å². The summed E-state index contributed by atoms with van der Waals surface area (Å²) in [7, 11) is 0.